The largest absolute Gasteiger partial charge is 0.453 e. The summed E-state index contributed by atoms with van der Waals surface area (Å²) in [5.74, 6) is 1.74. The van der Waals surface area contributed by atoms with Gasteiger partial charge in [0.15, 0.2) is 11.5 Å². The summed E-state index contributed by atoms with van der Waals surface area (Å²) < 4.78 is 14.9. The van der Waals surface area contributed by atoms with Gasteiger partial charge >= 0.3 is 0 Å². The normalized spacial score (nSPS) is 12.2. The Labute approximate surface area is 257 Å². The number of aromatic nitrogens is 3. The van der Waals surface area contributed by atoms with Crippen LogP contribution in [0.5, 0.6) is 11.5 Å². The molecule has 0 fully saturated rings. The number of benzene rings is 6. The first-order chi connectivity index (χ1) is 22.3. The second-order valence-electron chi connectivity index (χ2n) is 11.4. The minimum atomic E-state index is 0.531. The van der Waals surface area contributed by atoms with E-state index in [1.807, 2.05) is 60.7 Å². The molecule has 1 aliphatic rings. The predicted octanol–water partition coefficient (Wildman–Crippen LogP) is 10.6. The van der Waals surface area contributed by atoms with Crippen molar-refractivity contribution in [3.05, 3.63) is 140 Å². The standard InChI is InChI=1S/C40H23N3O2/c1-3-10-24(11-4-1)36-37(25-12-5-2-6-13-25)42-40-38(41-36)30-23-27(19-21-33(30)45-40)26-18-20-31-29(22-26)28-14-9-17-35-39(28)43(31)32-15-7-8-16-34(32)44-35/h1-23H. The van der Waals surface area contributed by atoms with Gasteiger partial charge in [-0.05, 0) is 53.6 Å². The monoisotopic (exact) mass is 577 g/mol. The Hall–Kier alpha value is -6.20. The molecule has 0 saturated carbocycles. The molecule has 0 saturated heterocycles. The van der Waals surface area contributed by atoms with Crippen molar-refractivity contribution in [1.29, 1.82) is 0 Å². The van der Waals surface area contributed by atoms with Gasteiger partial charge in [0.1, 0.15) is 16.8 Å². The van der Waals surface area contributed by atoms with Gasteiger partial charge in [-0.15, -0.1) is 0 Å². The highest BCUT2D eigenvalue weighted by Gasteiger charge is 2.24. The topological polar surface area (TPSA) is 53.1 Å². The molecule has 0 amide bonds. The Morgan fingerprint density at radius 3 is 1.96 bits per heavy atom. The van der Waals surface area contributed by atoms with Crippen molar-refractivity contribution in [2.24, 2.45) is 0 Å². The highest BCUT2D eigenvalue weighted by atomic mass is 16.5. The first-order valence-corrected chi connectivity index (χ1v) is 15.0. The number of furan rings is 1. The lowest BCUT2D eigenvalue weighted by Crippen LogP contribution is -2.03. The summed E-state index contributed by atoms with van der Waals surface area (Å²) in [5, 5.41) is 3.29. The third-order valence-corrected chi connectivity index (χ3v) is 8.81. The smallest absolute Gasteiger partial charge is 0.246 e. The maximum atomic E-state index is 6.31. The second kappa shape index (κ2) is 9.15. The maximum absolute atomic E-state index is 6.31. The molecule has 0 radical (unpaired) electrons. The van der Waals surface area contributed by atoms with E-state index in [9.17, 15) is 0 Å². The van der Waals surface area contributed by atoms with Crippen LogP contribution in [0.1, 0.15) is 0 Å². The van der Waals surface area contributed by atoms with Crippen molar-refractivity contribution in [1.82, 2.24) is 14.5 Å². The van der Waals surface area contributed by atoms with Crippen LogP contribution in [0.2, 0.25) is 0 Å². The molecule has 45 heavy (non-hydrogen) atoms. The molecule has 0 bridgehead atoms. The van der Waals surface area contributed by atoms with E-state index < -0.39 is 0 Å². The molecule has 0 aliphatic carbocycles. The third kappa shape index (κ3) is 3.55. The lowest BCUT2D eigenvalue weighted by atomic mass is 10.0. The van der Waals surface area contributed by atoms with Crippen LogP contribution in [-0.2, 0) is 0 Å². The second-order valence-corrected chi connectivity index (χ2v) is 11.4. The summed E-state index contributed by atoms with van der Waals surface area (Å²) in [6.45, 7) is 0. The number of fused-ring (bicyclic) bond motifs is 8. The number of nitrogens with zero attached hydrogens (tertiary/aromatic N) is 3. The molecule has 210 valence electrons. The highest BCUT2D eigenvalue weighted by molar-refractivity contribution is 6.13. The maximum Gasteiger partial charge on any atom is 0.246 e. The number of ether oxygens (including phenoxy) is 1. The van der Waals surface area contributed by atoms with Crippen molar-refractivity contribution in [3.63, 3.8) is 0 Å². The SMILES string of the molecule is c1ccc(-c2nc3oc4ccc(-c5ccc6c(c5)c5cccc7c5n6-c5ccccc5O7)cc4c3nc2-c2ccccc2)cc1. The molecule has 3 aromatic heterocycles. The lowest BCUT2D eigenvalue weighted by Gasteiger charge is -2.20. The van der Waals surface area contributed by atoms with Gasteiger partial charge in [-0.25, -0.2) is 9.97 Å². The van der Waals surface area contributed by atoms with Crippen LogP contribution in [0.25, 0.3) is 83.3 Å². The van der Waals surface area contributed by atoms with Gasteiger partial charge in [0.05, 0.1) is 22.4 Å². The first kappa shape index (κ1) is 24.3. The lowest BCUT2D eigenvalue weighted by molar-refractivity contribution is 0.476. The van der Waals surface area contributed by atoms with Crippen LogP contribution in [0, 0.1) is 0 Å². The van der Waals surface area contributed by atoms with Crippen LogP contribution in [0.3, 0.4) is 0 Å². The van der Waals surface area contributed by atoms with E-state index in [0.29, 0.717) is 5.71 Å². The fraction of sp³-hybridized carbons (Fsp3) is 0. The summed E-state index contributed by atoms with van der Waals surface area (Å²) in [6, 6.07) is 47.9. The first-order valence-electron chi connectivity index (χ1n) is 15.0. The van der Waals surface area contributed by atoms with E-state index in [1.54, 1.807) is 0 Å². The highest BCUT2D eigenvalue weighted by Crippen LogP contribution is 2.46. The Kier molecular flexibility index (Phi) is 4.93. The van der Waals surface area contributed by atoms with Gasteiger partial charge in [0.25, 0.3) is 0 Å². The summed E-state index contributed by atoms with van der Waals surface area (Å²) in [4.78, 5) is 10.3. The minimum absolute atomic E-state index is 0.531. The molecule has 9 aromatic rings. The zero-order valence-corrected chi connectivity index (χ0v) is 23.9. The number of para-hydroxylation sites is 3. The quantitative estimate of drug-likeness (QED) is 0.210. The molecule has 10 rings (SSSR count). The average molecular weight is 578 g/mol. The van der Waals surface area contributed by atoms with Crippen LogP contribution in [-0.4, -0.2) is 14.5 Å². The molecule has 0 N–H and O–H groups in total. The molecule has 4 heterocycles. The van der Waals surface area contributed by atoms with Gasteiger partial charge in [-0.3, -0.25) is 0 Å². The molecular weight excluding hydrogens is 554 g/mol. The fourth-order valence-electron chi connectivity index (χ4n) is 6.75. The molecule has 6 aromatic carbocycles. The molecule has 5 nitrogen and oxygen atoms in total. The van der Waals surface area contributed by atoms with Crippen LogP contribution < -0.4 is 4.74 Å². The molecule has 0 spiro atoms. The van der Waals surface area contributed by atoms with Crippen LogP contribution >= 0.6 is 0 Å². The zero-order chi connectivity index (χ0) is 29.5. The molecular formula is C40H23N3O2. The number of hydrogen-bond acceptors (Lipinski definition) is 4. The van der Waals surface area contributed by atoms with Crippen molar-refractivity contribution in [2.75, 3.05) is 0 Å². The predicted molar refractivity (Wildman–Crippen MR) is 180 cm³/mol. The average Bonchev–Trinajstić information content (AvgIpc) is 3.64. The van der Waals surface area contributed by atoms with Crippen LogP contribution in [0.4, 0.5) is 0 Å². The van der Waals surface area contributed by atoms with Crippen molar-refractivity contribution in [3.8, 4) is 50.8 Å². The van der Waals surface area contributed by atoms with Gasteiger partial charge in [0, 0.05) is 27.3 Å². The summed E-state index contributed by atoms with van der Waals surface area (Å²) in [5.41, 5.74) is 11.2. The Morgan fingerprint density at radius 1 is 0.489 bits per heavy atom. The fourth-order valence-corrected chi connectivity index (χ4v) is 6.75. The summed E-state index contributed by atoms with van der Waals surface area (Å²) in [6.07, 6.45) is 0. The molecule has 5 heteroatoms. The summed E-state index contributed by atoms with van der Waals surface area (Å²) in [7, 11) is 0. The molecule has 0 atom stereocenters. The Bertz CT molecular complexity index is 2620. The zero-order valence-electron chi connectivity index (χ0n) is 23.9. The van der Waals surface area contributed by atoms with Gasteiger partial charge < -0.3 is 13.7 Å². The molecule has 0 unspecified atom stereocenters. The summed E-state index contributed by atoms with van der Waals surface area (Å²) >= 11 is 0. The van der Waals surface area contributed by atoms with Gasteiger partial charge in [0.2, 0.25) is 5.71 Å². The third-order valence-electron chi connectivity index (χ3n) is 8.81. The Morgan fingerprint density at radius 2 is 1.16 bits per heavy atom. The van der Waals surface area contributed by atoms with E-state index in [1.165, 1.54) is 10.8 Å². The van der Waals surface area contributed by atoms with E-state index in [4.69, 9.17) is 19.1 Å². The van der Waals surface area contributed by atoms with Crippen LogP contribution in [0.15, 0.2) is 144 Å². The van der Waals surface area contributed by atoms with Gasteiger partial charge in [-0.2, -0.15) is 0 Å². The number of rotatable bonds is 3. The van der Waals surface area contributed by atoms with Crippen molar-refractivity contribution in [2.45, 2.75) is 0 Å². The van der Waals surface area contributed by atoms with E-state index >= 15 is 0 Å². The Balaban J connectivity index is 1.18. The molecule has 1 aliphatic heterocycles. The number of hydrogen-bond donors (Lipinski definition) is 0. The van der Waals surface area contributed by atoms with Crippen molar-refractivity contribution < 1.29 is 9.15 Å². The van der Waals surface area contributed by atoms with Gasteiger partial charge in [-0.1, -0.05) is 97.1 Å². The van der Waals surface area contributed by atoms with E-state index in [2.05, 4.69) is 83.4 Å². The van der Waals surface area contributed by atoms with E-state index in [0.717, 1.165) is 78.3 Å². The van der Waals surface area contributed by atoms with Crippen molar-refractivity contribution >= 4 is 44.0 Å². The minimum Gasteiger partial charge on any atom is -0.453 e. The van der Waals surface area contributed by atoms with E-state index in [-0.39, 0.29) is 0 Å².